The normalized spacial score (nSPS) is 18.3. The fraction of sp³-hybridized carbons (Fsp3) is 0.150. The van der Waals surface area contributed by atoms with E-state index in [1.54, 1.807) is 18.2 Å². The first-order valence-corrected chi connectivity index (χ1v) is 9.91. The zero-order chi connectivity index (χ0) is 22.0. The third-order valence-corrected chi connectivity index (χ3v) is 5.47. The molecule has 0 aliphatic carbocycles. The highest BCUT2D eigenvalue weighted by molar-refractivity contribution is 8.14. The number of imide groups is 1. The van der Waals surface area contributed by atoms with Crippen LogP contribution in [0.1, 0.15) is 22.3 Å². The van der Waals surface area contributed by atoms with Gasteiger partial charge in [0.05, 0.1) is 17.9 Å². The molecule has 2 aromatic carbocycles. The van der Waals surface area contributed by atoms with Crippen molar-refractivity contribution in [1.29, 1.82) is 0 Å². The van der Waals surface area contributed by atoms with Crippen molar-refractivity contribution in [2.24, 2.45) is 15.9 Å². The molecule has 1 saturated heterocycles. The highest BCUT2D eigenvalue weighted by atomic mass is 32.2. The molecule has 0 radical (unpaired) electrons. The van der Waals surface area contributed by atoms with Crippen LogP contribution >= 0.6 is 11.8 Å². The number of carboxylic acids is 1. The van der Waals surface area contributed by atoms with E-state index in [4.69, 9.17) is 15.2 Å². The Morgan fingerprint density at radius 1 is 1.16 bits per heavy atom. The molecule has 1 atom stereocenters. The number of anilines is 1. The van der Waals surface area contributed by atoms with Crippen LogP contribution in [0.15, 0.2) is 52.7 Å². The molecule has 4 rings (SSSR count). The predicted octanol–water partition coefficient (Wildman–Crippen LogP) is 0.493. The summed E-state index contributed by atoms with van der Waals surface area (Å²) >= 11 is 0.934. The Balaban J connectivity index is 1.40. The van der Waals surface area contributed by atoms with Gasteiger partial charge in [0.25, 0.3) is 0 Å². The number of amides is 2. The Hall–Kier alpha value is -3.86. The van der Waals surface area contributed by atoms with Crippen molar-refractivity contribution in [2.75, 3.05) is 11.7 Å². The van der Waals surface area contributed by atoms with E-state index in [2.05, 4.69) is 10.2 Å². The van der Waals surface area contributed by atoms with E-state index in [9.17, 15) is 19.5 Å². The van der Waals surface area contributed by atoms with Crippen LogP contribution in [0.5, 0.6) is 11.5 Å². The molecular weight excluding hydrogens is 424 g/mol. The Morgan fingerprint density at radius 3 is 2.65 bits per heavy atom. The zero-order valence-electron chi connectivity index (χ0n) is 15.9. The minimum Gasteiger partial charge on any atom is -0.545 e. The molecule has 10 nitrogen and oxygen atoms in total. The molecule has 0 saturated carbocycles. The molecule has 0 aromatic heterocycles. The first-order valence-electron chi connectivity index (χ1n) is 9.03. The predicted molar refractivity (Wildman–Crippen MR) is 111 cm³/mol. The fourth-order valence-corrected chi connectivity index (χ4v) is 3.85. The lowest BCUT2D eigenvalue weighted by atomic mass is 10.2. The maximum absolute atomic E-state index is 12.7. The maximum Gasteiger partial charge on any atom is 0.247 e. The van der Waals surface area contributed by atoms with Gasteiger partial charge < -0.3 is 25.1 Å². The van der Waals surface area contributed by atoms with Crippen LogP contribution in [-0.4, -0.2) is 41.2 Å². The molecule has 0 unspecified atom stereocenters. The van der Waals surface area contributed by atoms with E-state index in [-0.39, 0.29) is 29.6 Å². The lowest BCUT2D eigenvalue weighted by Gasteiger charge is -2.15. The summed E-state index contributed by atoms with van der Waals surface area (Å²) in [7, 11) is 0. The molecule has 0 bridgehead atoms. The van der Waals surface area contributed by atoms with Crippen molar-refractivity contribution in [3.63, 3.8) is 0 Å². The van der Waals surface area contributed by atoms with Gasteiger partial charge in [-0.3, -0.25) is 9.59 Å². The number of benzene rings is 2. The second-order valence-electron chi connectivity index (χ2n) is 6.51. The number of amidine groups is 1. The first-order chi connectivity index (χ1) is 14.9. The number of nitrogens with zero attached hydrogens (tertiary/aromatic N) is 3. The van der Waals surface area contributed by atoms with Crippen LogP contribution in [0.2, 0.25) is 0 Å². The quantitative estimate of drug-likeness (QED) is 0.306. The zero-order valence-corrected chi connectivity index (χ0v) is 16.7. The van der Waals surface area contributed by atoms with Gasteiger partial charge in [0.15, 0.2) is 16.7 Å². The number of nitrogens with two attached hydrogens (primary N) is 1. The number of thioether (sulfide) groups is 1. The largest absolute Gasteiger partial charge is 0.545 e. The molecule has 2 aliphatic rings. The molecule has 1 fully saturated rings. The van der Waals surface area contributed by atoms with Gasteiger partial charge in [-0.15, -0.1) is 5.10 Å². The first kappa shape index (κ1) is 20.4. The highest BCUT2D eigenvalue weighted by Crippen LogP contribution is 2.32. The van der Waals surface area contributed by atoms with Gasteiger partial charge in [0, 0.05) is 6.42 Å². The van der Waals surface area contributed by atoms with Gasteiger partial charge in [0.1, 0.15) is 5.25 Å². The van der Waals surface area contributed by atoms with Gasteiger partial charge in [-0.05, 0) is 41.5 Å². The average Bonchev–Trinajstić information content (AvgIpc) is 3.31. The third kappa shape index (κ3) is 4.36. The number of fused-ring (bicyclic) bond motifs is 1. The highest BCUT2D eigenvalue weighted by Gasteiger charge is 2.40. The van der Waals surface area contributed by atoms with Gasteiger partial charge in [-0.2, -0.15) is 5.10 Å². The van der Waals surface area contributed by atoms with Crippen molar-refractivity contribution in [1.82, 2.24) is 0 Å². The van der Waals surface area contributed by atoms with E-state index in [0.29, 0.717) is 11.5 Å². The van der Waals surface area contributed by atoms with E-state index in [0.717, 1.165) is 22.2 Å². The van der Waals surface area contributed by atoms with E-state index >= 15 is 0 Å². The van der Waals surface area contributed by atoms with Crippen LogP contribution in [0.25, 0.3) is 0 Å². The standard InChI is InChI=1S/C20H16N4O6S/c21-20(23-22-9-11-1-6-14-15(7-11)30-10-29-14)31-16-8-17(25)24(18(16)26)13-4-2-12(3-5-13)19(27)28/h1-7,9,16H,8,10H2,(H2,21,23)(H,27,28)/p-1/b22-9-/t16-/m1/s1. The Morgan fingerprint density at radius 2 is 1.90 bits per heavy atom. The topological polar surface area (TPSA) is 147 Å². The second-order valence-corrected chi connectivity index (χ2v) is 7.73. The summed E-state index contributed by atoms with van der Waals surface area (Å²) < 4.78 is 10.5. The van der Waals surface area contributed by atoms with Gasteiger partial charge in [-0.1, -0.05) is 23.9 Å². The average molecular weight is 439 g/mol. The summed E-state index contributed by atoms with van der Waals surface area (Å²) in [6.07, 6.45) is 1.41. The number of hydrogen-bond acceptors (Lipinski definition) is 9. The minimum atomic E-state index is -1.34. The molecule has 2 aromatic rings. The van der Waals surface area contributed by atoms with Gasteiger partial charge in [0.2, 0.25) is 18.6 Å². The molecular formula is C20H15N4O6S-. The van der Waals surface area contributed by atoms with Crippen molar-refractivity contribution < 1.29 is 29.0 Å². The molecule has 158 valence electrons. The summed E-state index contributed by atoms with van der Waals surface area (Å²) in [5, 5.41) is 17.9. The summed E-state index contributed by atoms with van der Waals surface area (Å²) in [5.74, 6) is -0.962. The number of rotatable bonds is 5. The number of carboxylic acid groups (broad SMARTS) is 1. The molecule has 11 heteroatoms. The SMILES string of the molecule is NC(=N/N=C\c1ccc2c(c1)OCO2)S[C@@H]1CC(=O)N(c2ccc(C(=O)[O-])cc2)C1=O. The Kier molecular flexibility index (Phi) is 5.58. The van der Waals surface area contributed by atoms with Crippen molar-refractivity contribution >= 4 is 46.6 Å². The summed E-state index contributed by atoms with van der Waals surface area (Å²) in [6, 6.07) is 10.6. The van der Waals surface area contributed by atoms with Crippen molar-refractivity contribution in [2.45, 2.75) is 11.7 Å². The summed E-state index contributed by atoms with van der Waals surface area (Å²) in [4.78, 5) is 36.8. The third-order valence-electron chi connectivity index (χ3n) is 4.49. The molecule has 0 spiro atoms. The number of ether oxygens (including phenoxy) is 2. The Labute approximate surface area is 180 Å². The lowest BCUT2D eigenvalue weighted by molar-refractivity contribution is -0.255. The van der Waals surface area contributed by atoms with Crippen LogP contribution in [0, 0.1) is 0 Å². The molecule has 2 heterocycles. The number of carbonyl (C=O) groups is 3. The minimum absolute atomic E-state index is 0.0253. The number of aromatic carboxylic acids is 1. The molecule has 31 heavy (non-hydrogen) atoms. The molecule has 2 amide bonds. The summed E-state index contributed by atoms with van der Waals surface area (Å²) in [6.45, 7) is 0.170. The van der Waals surface area contributed by atoms with E-state index < -0.39 is 23.0 Å². The smallest absolute Gasteiger partial charge is 0.247 e. The monoisotopic (exact) mass is 439 g/mol. The number of hydrogen-bond donors (Lipinski definition) is 1. The van der Waals surface area contributed by atoms with Crippen LogP contribution in [-0.2, 0) is 9.59 Å². The van der Waals surface area contributed by atoms with E-state index in [1.807, 2.05) is 0 Å². The van der Waals surface area contributed by atoms with Crippen molar-refractivity contribution in [3.8, 4) is 11.5 Å². The van der Waals surface area contributed by atoms with Gasteiger partial charge in [-0.25, -0.2) is 4.90 Å². The lowest BCUT2D eigenvalue weighted by Crippen LogP contribution is -2.32. The van der Waals surface area contributed by atoms with Crippen LogP contribution in [0.4, 0.5) is 5.69 Å². The Bertz CT molecular complexity index is 1120. The van der Waals surface area contributed by atoms with Crippen LogP contribution in [0.3, 0.4) is 0 Å². The van der Waals surface area contributed by atoms with Gasteiger partial charge >= 0.3 is 0 Å². The van der Waals surface area contributed by atoms with E-state index in [1.165, 1.54) is 30.5 Å². The number of carbonyl (C=O) groups excluding carboxylic acids is 3. The fourth-order valence-electron chi connectivity index (χ4n) is 3.03. The molecule has 2 aliphatic heterocycles. The van der Waals surface area contributed by atoms with Crippen molar-refractivity contribution in [3.05, 3.63) is 53.6 Å². The maximum atomic E-state index is 12.7. The summed E-state index contributed by atoms with van der Waals surface area (Å²) in [5.41, 5.74) is 6.81. The molecule has 2 N–H and O–H groups in total. The second kappa shape index (κ2) is 8.48. The van der Waals surface area contributed by atoms with Crippen LogP contribution < -0.4 is 25.2 Å².